The summed E-state index contributed by atoms with van der Waals surface area (Å²) in [6.07, 6.45) is 3.39. The Morgan fingerprint density at radius 3 is 2.74 bits per heavy atom. The number of hydrogen-bond acceptors (Lipinski definition) is 4. The van der Waals surface area contributed by atoms with Gasteiger partial charge in [-0.1, -0.05) is 13.0 Å². The van der Waals surface area contributed by atoms with E-state index in [-0.39, 0.29) is 24.2 Å². The summed E-state index contributed by atoms with van der Waals surface area (Å²) in [5.41, 5.74) is 0. The molecule has 7 heteroatoms. The number of hydrogen-bond donors (Lipinski definition) is 2. The van der Waals surface area contributed by atoms with Crippen molar-refractivity contribution in [3.63, 3.8) is 0 Å². The van der Waals surface area contributed by atoms with Crippen molar-refractivity contribution < 1.29 is 9.59 Å². The molecule has 2 rings (SSSR count). The summed E-state index contributed by atoms with van der Waals surface area (Å²) in [6, 6.07) is 3.99. The molecule has 0 aliphatic carbocycles. The normalized spacial score (nSPS) is 14.8. The monoisotopic (exact) mass is 359 g/mol. The molecule has 0 spiro atoms. The number of piperidine rings is 1. The van der Waals surface area contributed by atoms with E-state index in [4.69, 9.17) is 0 Å². The maximum Gasteiger partial charge on any atom is 0.261 e. The molecule has 2 N–H and O–H groups in total. The summed E-state index contributed by atoms with van der Waals surface area (Å²) >= 11 is 1.41. The number of thiophene rings is 1. The third-order valence-corrected chi connectivity index (χ3v) is 4.77. The Bertz CT molecular complexity index is 476. The Labute approximate surface area is 148 Å². The summed E-state index contributed by atoms with van der Waals surface area (Å²) in [6.45, 7) is 5.27. The first-order valence-electron chi connectivity index (χ1n) is 8.04. The fourth-order valence-corrected chi connectivity index (χ4v) is 3.43. The highest BCUT2D eigenvalue weighted by atomic mass is 35.5. The van der Waals surface area contributed by atoms with Gasteiger partial charge in [0, 0.05) is 25.6 Å². The van der Waals surface area contributed by atoms with Crippen LogP contribution in [-0.4, -0.2) is 48.9 Å². The van der Waals surface area contributed by atoms with Gasteiger partial charge in [0.15, 0.2) is 0 Å². The molecule has 1 saturated heterocycles. The van der Waals surface area contributed by atoms with Gasteiger partial charge in [-0.2, -0.15) is 0 Å². The highest BCUT2D eigenvalue weighted by Gasteiger charge is 2.24. The number of carbonyl (C=O) groups is 2. The van der Waals surface area contributed by atoms with E-state index in [1.807, 2.05) is 16.3 Å². The standard InChI is InChI=1S/C16H25N3O2S.ClH/c1-2-11-19(13-5-8-17-9-6-13)15(20)7-10-18-16(21)14-4-3-12-22-14;/h3-4,12-13,17H,2,5-11H2,1H3,(H,18,21);1H. The SMILES string of the molecule is CCCN(C(=O)CCNC(=O)c1cccs1)C1CCNCC1.Cl. The zero-order chi connectivity index (χ0) is 15.8. The minimum atomic E-state index is -0.0910. The molecule has 1 aliphatic rings. The van der Waals surface area contributed by atoms with E-state index in [1.165, 1.54) is 11.3 Å². The van der Waals surface area contributed by atoms with Crippen LogP contribution in [0.5, 0.6) is 0 Å². The number of amides is 2. The molecule has 5 nitrogen and oxygen atoms in total. The second-order valence-corrected chi connectivity index (χ2v) is 6.50. The summed E-state index contributed by atoms with van der Waals surface area (Å²) in [7, 11) is 0. The quantitative estimate of drug-likeness (QED) is 0.785. The average molecular weight is 360 g/mol. The zero-order valence-electron chi connectivity index (χ0n) is 13.5. The number of nitrogens with zero attached hydrogens (tertiary/aromatic N) is 1. The van der Waals surface area contributed by atoms with Crippen molar-refractivity contribution in [3.05, 3.63) is 22.4 Å². The Balaban J connectivity index is 0.00000264. The fourth-order valence-electron chi connectivity index (χ4n) is 2.79. The Morgan fingerprint density at radius 1 is 1.39 bits per heavy atom. The molecule has 1 fully saturated rings. The van der Waals surface area contributed by atoms with Crippen molar-refractivity contribution in [3.8, 4) is 0 Å². The molecule has 0 atom stereocenters. The van der Waals surface area contributed by atoms with E-state index < -0.39 is 0 Å². The van der Waals surface area contributed by atoms with Gasteiger partial charge < -0.3 is 15.5 Å². The topological polar surface area (TPSA) is 61.4 Å². The van der Waals surface area contributed by atoms with Crippen molar-refractivity contribution in [2.45, 2.75) is 38.6 Å². The van der Waals surface area contributed by atoms with Gasteiger partial charge in [-0.15, -0.1) is 23.7 Å². The molecule has 0 saturated carbocycles. The first-order chi connectivity index (χ1) is 10.7. The molecular formula is C16H26ClN3O2S. The molecule has 1 aromatic rings. The van der Waals surface area contributed by atoms with E-state index in [9.17, 15) is 9.59 Å². The molecule has 23 heavy (non-hydrogen) atoms. The van der Waals surface area contributed by atoms with Crippen LogP contribution in [0.15, 0.2) is 17.5 Å². The van der Waals surface area contributed by atoms with Crippen LogP contribution in [0.25, 0.3) is 0 Å². The number of rotatable bonds is 7. The predicted octanol–water partition coefficient (Wildman–Crippen LogP) is 2.28. The van der Waals surface area contributed by atoms with Crippen molar-refractivity contribution >= 4 is 35.6 Å². The second-order valence-electron chi connectivity index (χ2n) is 5.55. The zero-order valence-corrected chi connectivity index (χ0v) is 15.2. The number of carbonyl (C=O) groups excluding carboxylic acids is 2. The van der Waals surface area contributed by atoms with Crippen LogP contribution in [0.1, 0.15) is 42.3 Å². The fraction of sp³-hybridized carbons (Fsp3) is 0.625. The van der Waals surface area contributed by atoms with E-state index in [1.54, 1.807) is 6.07 Å². The highest BCUT2D eigenvalue weighted by molar-refractivity contribution is 7.12. The van der Waals surface area contributed by atoms with Gasteiger partial charge in [-0.05, 0) is 43.8 Å². The van der Waals surface area contributed by atoms with E-state index >= 15 is 0 Å². The van der Waals surface area contributed by atoms with Gasteiger partial charge in [0.25, 0.3) is 5.91 Å². The Morgan fingerprint density at radius 2 is 2.13 bits per heavy atom. The van der Waals surface area contributed by atoms with Crippen molar-refractivity contribution in [1.82, 2.24) is 15.5 Å². The van der Waals surface area contributed by atoms with Crippen molar-refractivity contribution in [1.29, 1.82) is 0 Å². The minimum Gasteiger partial charge on any atom is -0.351 e. The van der Waals surface area contributed by atoms with Crippen molar-refractivity contribution in [2.24, 2.45) is 0 Å². The lowest BCUT2D eigenvalue weighted by atomic mass is 10.0. The molecule has 2 heterocycles. The lowest BCUT2D eigenvalue weighted by Crippen LogP contribution is -2.47. The van der Waals surface area contributed by atoms with Crippen LogP contribution < -0.4 is 10.6 Å². The molecule has 1 aliphatic heterocycles. The summed E-state index contributed by atoms with van der Waals surface area (Å²) in [5.74, 6) is 0.0620. The number of nitrogens with one attached hydrogen (secondary N) is 2. The lowest BCUT2D eigenvalue weighted by molar-refractivity contribution is -0.134. The second kappa shape index (κ2) is 10.6. The van der Waals surface area contributed by atoms with Crippen LogP contribution in [-0.2, 0) is 4.79 Å². The van der Waals surface area contributed by atoms with E-state index in [0.29, 0.717) is 23.9 Å². The van der Waals surface area contributed by atoms with Crippen LogP contribution in [0.3, 0.4) is 0 Å². The lowest BCUT2D eigenvalue weighted by Gasteiger charge is -2.34. The third kappa shape index (κ3) is 6.12. The average Bonchev–Trinajstić information content (AvgIpc) is 3.07. The summed E-state index contributed by atoms with van der Waals surface area (Å²) < 4.78 is 0. The molecule has 0 bridgehead atoms. The van der Waals surface area contributed by atoms with Crippen LogP contribution in [0, 0.1) is 0 Å². The molecular weight excluding hydrogens is 334 g/mol. The maximum absolute atomic E-state index is 12.5. The summed E-state index contributed by atoms with van der Waals surface area (Å²) in [4.78, 5) is 27.0. The first kappa shape index (κ1) is 19.9. The minimum absolute atomic E-state index is 0. The smallest absolute Gasteiger partial charge is 0.261 e. The van der Waals surface area contributed by atoms with Crippen LogP contribution >= 0.6 is 23.7 Å². The van der Waals surface area contributed by atoms with Crippen LogP contribution in [0.2, 0.25) is 0 Å². The Hall–Kier alpha value is -1.11. The summed E-state index contributed by atoms with van der Waals surface area (Å²) in [5, 5.41) is 8.03. The molecule has 0 radical (unpaired) electrons. The molecule has 1 aromatic heterocycles. The van der Waals surface area contributed by atoms with Gasteiger partial charge in [-0.25, -0.2) is 0 Å². The van der Waals surface area contributed by atoms with E-state index in [0.717, 1.165) is 38.9 Å². The van der Waals surface area contributed by atoms with Crippen molar-refractivity contribution in [2.75, 3.05) is 26.2 Å². The predicted molar refractivity (Wildman–Crippen MR) is 96.4 cm³/mol. The molecule has 0 aromatic carbocycles. The largest absolute Gasteiger partial charge is 0.351 e. The molecule has 130 valence electrons. The van der Waals surface area contributed by atoms with Gasteiger partial charge in [-0.3, -0.25) is 9.59 Å². The van der Waals surface area contributed by atoms with Gasteiger partial charge >= 0.3 is 0 Å². The Kier molecular flexibility index (Phi) is 9.21. The first-order valence-corrected chi connectivity index (χ1v) is 8.92. The van der Waals surface area contributed by atoms with Gasteiger partial charge in [0.05, 0.1) is 4.88 Å². The third-order valence-electron chi connectivity index (χ3n) is 3.90. The van der Waals surface area contributed by atoms with E-state index in [2.05, 4.69) is 17.6 Å². The van der Waals surface area contributed by atoms with Crippen LogP contribution in [0.4, 0.5) is 0 Å². The maximum atomic E-state index is 12.5. The number of halogens is 1. The van der Waals surface area contributed by atoms with Gasteiger partial charge in [0.1, 0.15) is 0 Å². The molecule has 2 amide bonds. The highest BCUT2D eigenvalue weighted by Crippen LogP contribution is 2.14. The van der Waals surface area contributed by atoms with Gasteiger partial charge in [0.2, 0.25) is 5.91 Å². The molecule has 0 unspecified atom stereocenters.